The summed E-state index contributed by atoms with van der Waals surface area (Å²) in [5.74, 6) is 0.749. The quantitative estimate of drug-likeness (QED) is 0.853. The lowest BCUT2D eigenvalue weighted by Gasteiger charge is -2.34. The molecule has 6 heteroatoms. The van der Waals surface area contributed by atoms with Crippen LogP contribution in [0.4, 0.5) is 5.69 Å². The third-order valence-electron chi connectivity index (χ3n) is 3.73. The fourth-order valence-corrected chi connectivity index (χ4v) is 4.77. The highest BCUT2D eigenvalue weighted by molar-refractivity contribution is 7.89. The Morgan fingerprint density at radius 2 is 1.80 bits per heavy atom. The fourth-order valence-electron chi connectivity index (χ4n) is 2.86. The van der Waals surface area contributed by atoms with Gasteiger partial charge in [-0.1, -0.05) is 25.4 Å². The number of benzene rings is 1. The van der Waals surface area contributed by atoms with Gasteiger partial charge >= 0.3 is 0 Å². The number of rotatable bonds is 2. The Bertz CT molecular complexity index is 583. The van der Waals surface area contributed by atoms with E-state index in [-0.39, 0.29) is 4.90 Å². The third-order valence-corrected chi connectivity index (χ3v) is 6.06. The zero-order valence-corrected chi connectivity index (χ0v) is 13.6. The molecular formula is C14H21ClN2O2S. The number of aryl methyl sites for hydroxylation is 1. The topological polar surface area (TPSA) is 63.4 Å². The van der Waals surface area contributed by atoms with Crippen LogP contribution in [0.15, 0.2) is 17.0 Å². The lowest BCUT2D eigenvalue weighted by molar-refractivity contribution is 0.222. The Kier molecular flexibility index (Phi) is 4.33. The second kappa shape index (κ2) is 5.54. The van der Waals surface area contributed by atoms with Crippen molar-refractivity contribution in [2.24, 2.45) is 11.8 Å². The number of sulfonamides is 1. The van der Waals surface area contributed by atoms with Crippen molar-refractivity contribution in [1.82, 2.24) is 4.31 Å². The van der Waals surface area contributed by atoms with Gasteiger partial charge in [-0.15, -0.1) is 0 Å². The molecule has 0 spiro atoms. The summed E-state index contributed by atoms with van der Waals surface area (Å²) in [4.78, 5) is 0.234. The van der Waals surface area contributed by atoms with Gasteiger partial charge in [-0.3, -0.25) is 0 Å². The molecule has 4 nitrogen and oxygen atoms in total. The Morgan fingerprint density at radius 1 is 1.25 bits per heavy atom. The highest BCUT2D eigenvalue weighted by Crippen LogP contribution is 2.31. The first-order valence-electron chi connectivity index (χ1n) is 6.77. The van der Waals surface area contributed by atoms with Crippen molar-refractivity contribution in [3.05, 3.63) is 22.7 Å². The highest BCUT2D eigenvalue weighted by Gasteiger charge is 2.32. The minimum Gasteiger partial charge on any atom is -0.397 e. The highest BCUT2D eigenvalue weighted by atomic mass is 35.5. The van der Waals surface area contributed by atoms with Crippen molar-refractivity contribution >= 4 is 27.3 Å². The van der Waals surface area contributed by atoms with Crippen LogP contribution >= 0.6 is 11.6 Å². The third kappa shape index (κ3) is 2.95. The maximum absolute atomic E-state index is 12.7. The molecule has 0 aromatic heterocycles. The van der Waals surface area contributed by atoms with E-state index >= 15 is 0 Å². The zero-order chi connectivity index (χ0) is 15.1. The van der Waals surface area contributed by atoms with E-state index in [0.717, 1.165) is 6.42 Å². The summed E-state index contributed by atoms with van der Waals surface area (Å²) in [6.07, 6.45) is 1.06. The van der Waals surface area contributed by atoms with Crippen molar-refractivity contribution in [1.29, 1.82) is 0 Å². The van der Waals surface area contributed by atoms with Crippen LogP contribution in [0.25, 0.3) is 0 Å². The number of piperidine rings is 1. The molecule has 1 fully saturated rings. The molecule has 1 aromatic carbocycles. The summed E-state index contributed by atoms with van der Waals surface area (Å²) in [5, 5.41) is 0.421. The Hall–Kier alpha value is -0.780. The summed E-state index contributed by atoms with van der Waals surface area (Å²) in [7, 11) is -3.49. The predicted octanol–water partition coefficient (Wildman–Crippen LogP) is 2.90. The molecule has 1 aromatic rings. The van der Waals surface area contributed by atoms with Crippen LogP contribution in [0.3, 0.4) is 0 Å². The smallest absolute Gasteiger partial charge is 0.243 e. The molecule has 20 heavy (non-hydrogen) atoms. The van der Waals surface area contributed by atoms with Crippen LogP contribution < -0.4 is 5.73 Å². The number of nitrogens with zero attached hydrogens (tertiary/aromatic N) is 1. The monoisotopic (exact) mass is 316 g/mol. The fraction of sp³-hybridized carbons (Fsp3) is 0.571. The maximum atomic E-state index is 12.7. The summed E-state index contributed by atoms with van der Waals surface area (Å²) in [6, 6.07) is 3.05. The minimum atomic E-state index is -3.49. The van der Waals surface area contributed by atoms with E-state index in [1.807, 2.05) is 0 Å². The van der Waals surface area contributed by atoms with Gasteiger partial charge in [-0.25, -0.2) is 8.42 Å². The molecule has 2 rings (SSSR count). The summed E-state index contributed by atoms with van der Waals surface area (Å²) >= 11 is 6.00. The molecule has 1 aliphatic heterocycles. The van der Waals surface area contributed by atoms with Crippen molar-refractivity contribution < 1.29 is 8.42 Å². The number of nitrogens with two attached hydrogens (primary N) is 1. The molecule has 2 N–H and O–H groups in total. The van der Waals surface area contributed by atoms with Crippen molar-refractivity contribution in [2.45, 2.75) is 32.1 Å². The van der Waals surface area contributed by atoms with Crippen LogP contribution in [0.1, 0.15) is 25.8 Å². The molecule has 0 bridgehead atoms. The number of hydrogen-bond acceptors (Lipinski definition) is 3. The van der Waals surface area contributed by atoms with Crippen molar-refractivity contribution in [3.63, 3.8) is 0 Å². The van der Waals surface area contributed by atoms with E-state index < -0.39 is 10.0 Å². The number of anilines is 1. The Morgan fingerprint density at radius 3 is 2.30 bits per heavy atom. The molecule has 112 valence electrons. The van der Waals surface area contributed by atoms with Gasteiger partial charge < -0.3 is 5.73 Å². The van der Waals surface area contributed by atoms with E-state index in [4.69, 9.17) is 17.3 Å². The molecule has 1 heterocycles. The molecular weight excluding hydrogens is 296 g/mol. The standard InChI is InChI=1S/C14H21ClN2O2S/c1-9-4-10(2)8-17(7-9)20(18,19)12-5-11(3)14(15)13(16)6-12/h5-6,9-10H,4,7-8,16H2,1-3H3. The normalized spacial score (nSPS) is 24.8. The average molecular weight is 317 g/mol. The second-order valence-corrected chi connectivity index (χ2v) is 8.23. The van der Waals surface area contributed by atoms with Gasteiger partial charge in [-0.05, 0) is 42.9 Å². The van der Waals surface area contributed by atoms with Crippen LogP contribution in [0.5, 0.6) is 0 Å². The summed E-state index contributed by atoms with van der Waals surface area (Å²) in [5.41, 5.74) is 6.78. The van der Waals surface area contributed by atoms with E-state index in [0.29, 0.717) is 41.2 Å². The van der Waals surface area contributed by atoms with Gasteiger partial charge in [0.1, 0.15) is 0 Å². The van der Waals surface area contributed by atoms with Gasteiger partial charge in [0.2, 0.25) is 10.0 Å². The molecule has 1 saturated heterocycles. The van der Waals surface area contributed by atoms with E-state index in [1.54, 1.807) is 17.3 Å². The van der Waals surface area contributed by atoms with Crippen LogP contribution in [-0.2, 0) is 10.0 Å². The first kappa shape index (κ1) is 15.6. The van der Waals surface area contributed by atoms with Gasteiger partial charge in [0.15, 0.2) is 0 Å². The zero-order valence-electron chi connectivity index (χ0n) is 12.1. The average Bonchev–Trinajstić information content (AvgIpc) is 2.34. The van der Waals surface area contributed by atoms with Crippen molar-refractivity contribution in [2.75, 3.05) is 18.8 Å². The first-order chi connectivity index (χ1) is 9.21. The predicted molar refractivity (Wildman–Crippen MR) is 82.3 cm³/mol. The van der Waals surface area contributed by atoms with Crippen molar-refractivity contribution in [3.8, 4) is 0 Å². The second-order valence-electron chi connectivity index (χ2n) is 5.91. The lowest BCUT2D eigenvalue weighted by Crippen LogP contribution is -2.42. The largest absolute Gasteiger partial charge is 0.397 e. The SMILES string of the molecule is Cc1cc(S(=O)(=O)N2CC(C)CC(C)C2)cc(N)c1Cl. The minimum absolute atomic E-state index is 0.234. The maximum Gasteiger partial charge on any atom is 0.243 e. The van der Waals surface area contributed by atoms with Crippen LogP contribution in [0.2, 0.25) is 5.02 Å². The van der Waals surface area contributed by atoms with E-state index in [9.17, 15) is 8.42 Å². The lowest BCUT2D eigenvalue weighted by atomic mass is 9.94. The number of halogens is 1. The van der Waals surface area contributed by atoms with E-state index in [2.05, 4.69) is 13.8 Å². The van der Waals surface area contributed by atoms with Crippen LogP contribution in [0, 0.1) is 18.8 Å². The summed E-state index contributed by atoms with van der Waals surface area (Å²) in [6.45, 7) is 7.06. The van der Waals surface area contributed by atoms with Gasteiger partial charge in [0.25, 0.3) is 0 Å². The van der Waals surface area contributed by atoms with Gasteiger partial charge in [0.05, 0.1) is 15.6 Å². The molecule has 0 saturated carbocycles. The Balaban J connectivity index is 2.40. The Labute approximate surface area is 126 Å². The number of nitrogen functional groups attached to an aromatic ring is 1. The molecule has 2 unspecified atom stereocenters. The number of hydrogen-bond donors (Lipinski definition) is 1. The molecule has 0 radical (unpaired) electrons. The van der Waals surface area contributed by atoms with Gasteiger partial charge in [-0.2, -0.15) is 4.31 Å². The molecule has 1 aliphatic rings. The molecule has 0 amide bonds. The van der Waals surface area contributed by atoms with Gasteiger partial charge in [0, 0.05) is 13.1 Å². The molecule has 2 atom stereocenters. The molecule has 0 aliphatic carbocycles. The summed E-state index contributed by atoms with van der Waals surface area (Å²) < 4.78 is 27.0. The van der Waals surface area contributed by atoms with Crippen LogP contribution in [-0.4, -0.2) is 25.8 Å². The van der Waals surface area contributed by atoms with E-state index in [1.165, 1.54) is 6.07 Å². The first-order valence-corrected chi connectivity index (χ1v) is 8.59.